The lowest BCUT2D eigenvalue weighted by Gasteiger charge is -2.37. The van der Waals surface area contributed by atoms with Crippen LogP contribution in [-0.4, -0.2) is 73.0 Å². The molecule has 1 amide bonds. The second-order valence-corrected chi connectivity index (χ2v) is 8.10. The van der Waals surface area contributed by atoms with Crippen molar-refractivity contribution in [3.05, 3.63) is 59.2 Å². The number of nitrogens with zero attached hydrogens (tertiary/aromatic N) is 4. The number of piperazine rings is 2. The van der Waals surface area contributed by atoms with E-state index < -0.39 is 0 Å². The molecule has 6 nitrogen and oxygen atoms in total. The molecule has 0 bridgehead atoms. The Morgan fingerprint density at radius 2 is 1.86 bits per heavy atom. The first-order valence-corrected chi connectivity index (χ1v) is 10.7. The van der Waals surface area contributed by atoms with E-state index >= 15 is 0 Å². The Kier molecular flexibility index (Phi) is 6.64. The zero-order valence-electron chi connectivity index (χ0n) is 16.6. The molecule has 0 spiro atoms. The molecular formula is C22H28ClN5O. The van der Waals surface area contributed by atoms with Gasteiger partial charge in [0, 0.05) is 76.0 Å². The third kappa shape index (κ3) is 5.26. The van der Waals surface area contributed by atoms with E-state index in [1.54, 1.807) is 0 Å². The summed E-state index contributed by atoms with van der Waals surface area (Å²) in [6.07, 6.45) is 2.42. The van der Waals surface area contributed by atoms with E-state index in [1.165, 1.54) is 5.56 Å². The van der Waals surface area contributed by atoms with E-state index in [4.69, 9.17) is 11.6 Å². The molecule has 2 fully saturated rings. The molecule has 1 atom stereocenters. The lowest BCUT2D eigenvalue weighted by atomic mass is 10.0. The van der Waals surface area contributed by atoms with Gasteiger partial charge in [0.1, 0.15) is 5.82 Å². The van der Waals surface area contributed by atoms with Crippen molar-refractivity contribution >= 4 is 23.3 Å². The van der Waals surface area contributed by atoms with Crippen molar-refractivity contribution in [3.63, 3.8) is 0 Å². The van der Waals surface area contributed by atoms with Crippen LogP contribution in [0.5, 0.6) is 0 Å². The molecule has 154 valence electrons. The summed E-state index contributed by atoms with van der Waals surface area (Å²) in [4.78, 5) is 23.9. The zero-order valence-corrected chi connectivity index (χ0v) is 17.4. The summed E-state index contributed by atoms with van der Waals surface area (Å²) >= 11 is 5.99. The van der Waals surface area contributed by atoms with E-state index in [0.29, 0.717) is 13.0 Å². The molecule has 2 aliphatic rings. The van der Waals surface area contributed by atoms with Gasteiger partial charge in [-0.3, -0.25) is 9.69 Å². The number of rotatable bonds is 5. The van der Waals surface area contributed by atoms with E-state index in [1.807, 2.05) is 47.5 Å². The van der Waals surface area contributed by atoms with Gasteiger partial charge in [-0.2, -0.15) is 0 Å². The van der Waals surface area contributed by atoms with Gasteiger partial charge >= 0.3 is 0 Å². The fourth-order valence-corrected chi connectivity index (χ4v) is 4.17. The Balaban J connectivity index is 1.23. The second-order valence-electron chi connectivity index (χ2n) is 7.66. The van der Waals surface area contributed by atoms with E-state index in [-0.39, 0.29) is 11.9 Å². The third-order valence-electron chi connectivity index (χ3n) is 5.79. The van der Waals surface area contributed by atoms with Gasteiger partial charge in [-0.25, -0.2) is 4.98 Å². The monoisotopic (exact) mass is 413 g/mol. The number of carbonyl (C=O) groups excluding carboxylic acids is 1. The molecule has 3 heterocycles. The number of anilines is 1. The molecule has 1 unspecified atom stereocenters. The smallest absolute Gasteiger partial charge is 0.223 e. The number of halogens is 1. The van der Waals surface area contributed by atoms with Crippen LogP contribution in [0, 0.1) is 0 Å². The molecule has 4 rings (SSSR count). The Labute approximate surface area is 177 Å². The summed E-state index contributed by atoms with van der Waals surface area (Å²) in [6.45, 7) is 6.99. The van der Waals surface area contributed by atoms with Gasteiger partial charge in [-0.05, 0) is 29.8 Å². The van der Waals surface area contributed by atoms with Gasteiger partial charge in [-0.15, -0.1) is 0 Å². The molecule has 0 radical (unpaired) electrons. The number of pyridine rings is 1. The van der Waals surface area contributed by atoms with Gasteiger partial charge in [0.25, 0.3) is 0 Å². The van der Waals surface area contributed by atoms with Crippen LogP contribution in [0.4, 0.5) is 5.82 Å². The maximum atomic E-state index is 12.8. The molecule has 2 aromatic rings. The van der Waals surface area contributed by atoms with Gasteiger partial charge in [0.15, 0.2) is 0 Å². The van der Waals surface area contributed by atoms with E-state index in [2.05, 4.69) is 26.2 Å². The van der Waals surface area contributed by atoms with Gasteiger partial charge in [0.2, 0.25) is 5.91 Å². The van der Waals surface area contributed by atoms with Crippen molar-refractivity contribution in [1.29, 1.82) is 0 Å². The fourth-order valence-electron chi connectivity index (χ4n) is 4.05. The molecule has 7 heteroatoms. The summed E-state index contributed by atoms with van der Waals surface area (Å²) in [7, 11) is 0. The average Bonchev–Trinajstić information content (AvgIpc) is 2.79. The predicted octanol–water partition coefficient (Wildman–Crippen LogP) is 2.42. The SMILES string of the molecule is O=C(CCN1CCN(c2ccccn2)CC1)N1CCNC(c2ccc(Cl)cc2)C1. The third-order valence-corrected chi connectivity index (χ3v) is 6.04. The zero-order chi connectivity index (χ0) is 20.1. The Bertz CT molecular complexity index is 793. The van der Waals surface area contributed by atoms with Crippen LogP contribution in [0.2, 0.25) is 5.02 Å². The van der Waals surface area contributed by atoms with Crippen molar-refractivity contribution in [2.75, 3.05) is 57.3 Å². The first-order valence-electron chi connectivity index (χ1n) is 10.3. The maximum Gasteiger partial charge on any atom is 0.223 e. The normalized spacial score (nSPS) is 20.7. The molecule has 1 N–H and O–H groups in total. The molecular weight excluding hydrogens is 386 g/mol. The standard InChI is InChI=1S/C22H28ClN5O/c23-19-6-4-18(5-7-19)20-17-28(12-10-24-20)22(29)8-11-26-13-15-27(16-14-26)21-3-1-2-9-25-21/h1-7,9,20,24H,8,10-17H2. The van der Waals surface area contributed by atoms with Crippen molar-refractivity contribution in [2.24, 2.45) is 0 Å². The van der Waals surface area contributed by atoms with Gasteiger partial charge in [-0.1, -0.05) is 29.8 Å². The van der Waals surface area contributed by atoms with Crippen LogP contribution in [0.15, 0.2) is 48.7 Å². The minimum Gasteiger partial charge on any atom is -0.354 e. The maximum absolute atomic E-state index is 12.8. The predicted molar refractivity (Wildman–Crippen MR) is 116 cm³/mol. The highest BCUT2D eigenvalue weighted by Crippen LogP contribution is 2.20. The molecule has 1 aromatic carbocycles. The highest BCUT2D eigenvalue weighted by atomic mass is 35.5. The highest BCUT2D eigenvalue weighted by molar-refractivity contribution is 6.30. The number of carbonyl (C=O) groups is 1. The number of hydrogen-bond acceptors (Lipinski definition) is 5. The summed E-state index contributed by atoms with van der Waals surface area (Å²) in [5.74, 6) is 1.29. The van der Waals surface area contributed by atoms with Crippen molar-refractivity contribution in [1.82, 2.24) is 20.1 Å². The minimum absolute atomic E-state index is 0.173. The van der Waals surface area contributed by atoms with E-state index in [9.17, 15) is 4.79 Å². The topological polar surface area (TPSA) is 51.7 Å². The van der Waals surface area contributed by atoms with Crippen molar-refractivity contribution < 1.29 is 4.79 Å². The average molecular weight is 414 g/mol. The van der Waals surface area contributed by atoms with Crippen LogP contribution in [-0.2, 0) is 4.79 Å². The van der Waals surface area contributed by atoms with Crippen molar-refractivity contribution in [2.45, 2.75) is 12.5 Å². The molecule has 29 heavy (non-hydrogen) atoms. The van der Waals surface area contributed by atoms with Crippen LogP contribution in [0.25, 0.3) is 0 Å². The molecule has 0 saturated carbocycles. The first kappa shape index (κ1) is 20.1. The second kappa shape index (κ2) is 9.57. The number of benzene rings is 1. The molecule has 1 aromatic heterocycles. The van der Waals surface area contributed by atoms with Crippen LogP contribution < -0.4 is 10.2 Å². The summed E-state index contributed by atoms with van der Waals surface area (Å²) in [5, 5.41) is 4.24. The number of aromatic nitrogens is 1. The summed E-state index contributed by atoms with van der Waals surface area (Å²) < 4.78 is 0. The van der Waals surface area contributed by atoms with Crippen molar-refractivity contribution in [3.8, 4) is 0 Å². The Hall–Kier alpha value is -2.15. The van der Waals surface area contributed by atoms with E-state index in [0.717, 1.165) is 56.7 Å². The summed E-state index contributed by atoms with van der Waals surface area (Å²) in [6, 6.07) is 14.1. The number of nitrogens with one attached hydrogen (secondary N) is 1. The number of amides is 1. The van der Waals surface area contributed by atoms with Gasteiger partial charge < -0.3 is 15.1 Å². The lowest BCUT2D eigenvalue weighted by Crippen LogP contribution is -2.50. The fraction of sp³-hybridized carbons (Fsp3) is 0.455. The van der Waals surface area contributed by atoms with Gasteiger partial charge in [0.05, 0.1) is 0 Å². The quantitative estimate of drug-likeness (QED) is 0.815. The molecule has 2 aliphatic heterocycles. The van der Waals surface area contributed by atoms with Crippen LogP contribution >= 0.6 is 11.6 Å². The summed E-state index contributed by atoms with van der Waals surface area (Å²) in [5.41, 5.74) is 1.18. The highest BCUT2D eigenvalue weighted by Gasteiger charge is 2.25. The van der Waals surface area contributed by atoms with Crippen LogP contribution in [0.1, 0.15) is 18.0 Å². The minimum atomic E-state index is 0.173. The molecule has 2 saturated heterocycles. The Morgan fingerprint density at radius 1 is 1.07 bits per heavy atom. The molecule has 0 aliphatic carbocycles. The lowest BCUT2D eigenvalue weighted by molar-refractivity contribution is -0.132. The van der Waals surface area contributed by atoms with Crippen LogP contribution in [0.3, 0.4) is 0 Å². The largest absolute Gasteiger partial charge is 0.354 e. The Morgan fingerprint density at radius 3 is 2.59 bits per heavy atom. The number of hydrogen-bond donors (Lipinski definition) is 1. The first-order chi connectivity index (χ1) is 14.2.